The number of ether oxygens (including phenoxy) is 1. The van der Waals surface area contributed by atoms with Gasteiger partial charge in [0.2, 0.25) is 0 Å². The zero-order valence-corrected chi connectivity index (χ0v) is 21.8. The van der Waals surface area contributed by atoms with Crippen LogP contribution >= 0.6 is 23.4 Å². The molecular formula is C27H22ClN7O2S. The molecule has 9 nitrogen and oxygen atoms in total. The zero-order valence-electron chi connectivity index (χ0n) is 20.3. The Morgan fingerprint density at radius 1 is 1.08 bits per heavy atom. The molecule has 0 bridgehead atoms. The fraction of sp³-hybridized carbons (Fsp3) is 0.111. The van der Waals surface area contributed by atoms with E-state index in [9.17, 15) is 0 Å². The Bertz CT molecular complexity index is 1740. The van der Waals surface area contributed by atoms with Crippen LogP contribution < -0.4 is 15.8 Å². The molecule has 0 aliphatic rings. The van der Waals surface area contributed by atoms with Gasteiger partial charge in [-0.1, -0.05) is 41.9 Å². The van der Waals surface area contributed by atoms with Gasteiger partial charge in [-0.05, 0) is 30.3 Å². The number of hydrogen-bond donors (Lipinski definition) is 2. The number of anilines is 3. The third kappa shape index (κ3) is 4.83. The maximum atomic E-state index is 6.32. The first-order chi connectivity index (χ1) is 18.5. The van der Waals surface area contributed by atoms with Crippen molar-refractivity contribution in [1.82, 2.24) is 24.7 Å². The quantitative estimate of drug-likeness (QED) is 0.168. The molecule has 0 unspecified atom stereocenters. The molecule has 3 aromatic heterocycles. The fourth-order valence-corrected chi connectivity index (χ4v) is 5.06. The molecule has 0 saturated heterocycles. The number of rotatable bonds is 8. The van der Waals surface area contributed by atoms with Gasteiger partial charge in [-0.3, -0.25) is 0 Å². The first kappa shape index (κ1) is 24.1. The summed E-state index contributed by atoms with van der Waals surface area (Å²) in [6.45, 7) is 0.498. The van der Waals surface area contributed by atoms with Gasteiger partial charge in [-0.15, -0.1) is 11.8 Å². The lowest BCUT2D eigenvalue weighted by Gasteiger charge is -2.07. The molecule has 3 aromatic carbocycles. The molecule has 0 fully saturated rings. The van der Waals surface area contributed by atoms with Crippen LogP contribution in [0.5, 0.6) is 5.75 Å². The Labute approximate surface area is 227 Å². The maximum absolute atomic E-state index is 6.32. The molecule has 0 saturated carbocycles. The molecule has 11 heteroatoms. The first-order valence-electron chi connectivity index (χ1n) is 11.8. The number of thioether (sulfide) groups is 1. The van der Waals surface area contributed by atoms with E-state index < -0.39 is 0 Å². The zero-order chi connectivity index (χ0) is 26.1. The molecule has 0 spiro atoms. The van der Waals surface area contributed by atoms with E-state index in [0.717, 1.165) is 28.1 Å². The third-order valence-corrected chi connectivity index (χ3v) is 7.03. The van der Waals surface area contributed by atoms with E-state index in [0.29, 0.717) is 46.0 Å². The number of aromatic nitrogens is 5. The summed E-state index contributed by atoms with van der Waals surface area (Å²) >= 11 is 8.04. The summed E-state index contributed by atoms with van der Waals surface area (Å²) in [7, 11) is 1.83. The molecule has 38 heavy (non-hydrogen) atoms. The molecule has 6 aromatic rings. The summed E-state index contributed by atoms with van der Waals surface area (Å²) in [5.41, 5.74) is 10.3. The Morgan fingerprint density at radius 3 is 2.71 bits per heavy atom. The van der Waals surface area contributed by atoms with Gasteiger partial charge in [-0.2, -0.15) is 10.1 Å². The highest BCUT2D eigenvalue weighted by molar-refractivity contribution is 7.99. The van der Waals surface area contributed by atoms with Crippen molar-refractivity contribution in [2.75, 3.05) is 23.4 Å². The van der Waals surface area contributed by atoms with Gasteiger partial charge >= 0.3 is 0 Å². The van der Waals surface area contributed by atoms with Crippen molar-refractivity contribution in [1.29, 1.82) is 0 Å². The van der Waals surface area contributed by atoms with E-state index in [2.05, 4.69) is 37.5 Å². The molecule has 0 aliphatic heterocycles. The fourth-order valence-electron chi connectivity index (χ4n) is 4.10. The van der Waals surface area contributed by atoms with Crippen molar-refractivity contribution >= 4 is 63.0 Å². The van der Waals surface area contributed by atoms with Crippen LogP contribution in [-0.2, 0) is 7.05 Å². The van der Waals surface area contributed by atoms with Crippen LogP contribution in [0.1, 0.15) is 0 Å². The van der Waals surface area contributed by atoms with Crippen LogP contribution in [0.25, 0.3) is 33.4 Å². The number of hydrogen-bond acceptors (Lipinski definition) is 9. The van der Waals surface area contributed by atoms with Crippen LogP contribution in [0.2, 0.25) is 5.02 Å². The first-order valence-corrected chi connectivity index (χ1v) is 13.1. The van der Waals surface area contributed by atoms with Gasteiger partial charge in [-0.25, -0.2) is 14.6 Å². The van der Waals surface area contributed by atoms with Gasteiger partial charge in [0.15, 0.2) is 17.0 Å². The van der Waals surface area contributed by atoms with E-state index in [4.69, 9.17) is 26.5 Å². The number of nitrogens with two attached hydrogens (primary N) is 1. The van der Waals surface area contributed by atoms with Gasteiger partial charge in [0.05, 0.1) is 12.0 Å². The number of halogens is 1. The second-order valence-corrected chi connectivity index (χ2v) is 10.0. The monoisotopic (exact) mass is 543 g/mol. The minimum absolute atomic E-state index is 0.333. The second-order valence-electron chi connectivity index (χ2n) is 8.41. The summed E-state index contributed by atoms with van der Waals surface area (Å²) in [5.74, 6) is 1.73. The Hall–Kier alpha value is -4.28. The lowest BCUT2D eigenvalue weighted by Crippen LogP contribution is -2.00. The number of oxazole rings is 1. The van der Waals surface area contributed by atoms with Crippen LogP contribution in [0.15, 0.2) is 82.4 Å². The number of benzene rings is 3. The number of nitrogen functional groups attached to an aromatic ring is 1. The number of nitrogens with zero attached hydrogens (tertiary/aromatic N) is 5. The molecule has 190 valence electrons. The Balaban J connectivity index is 1.18. The third-order valence-electron chi connectivity index (χ3n) is 5.83. The van der Waals surface area contributed by atoms with Crippen molar-refractivity contribution in [3.05, 3.63) is 78.1 Å². The summed E-state index contributed by atoms with van der Waals surface area (Å²) < 4.78 is 13.7. The van der Waals surface area contributed by atoms with E-state index in [-0.39, 0.29) is 0 Å². The van der Waals surface area contributed by atoms with Crippen LogP contribution in [0.4, 0.5) is 17.5 Å². The Morgan fingerprint density at radius 2 is 1.89 bits per heavy atom. The topological polar surface area (TPSA) is 117 Å². The molecular weight excluding hydrogens is 522 g/mol. The number of fused-ring (bicyclic) bond motifs is 2. The van der Waals surface area contributed by atoms with Crippen molar-refractivity contribution in [2.45, 2.75) is 4.90 Å². The van der Waals surface area contributed by atoms with Crippen molar-refractivity contribution < 1.29 is 9.15 Å². The van der Waals surface area contributed by atoms with Gasteiger partial charge < -0.3 is 20.2 Å². The molecule has 6 rings (SSSR count). The van der Waals surface area contributed by atoms with E-state index in [1.54, 1.807) is 28.6 Å². The van der Waals surface area contributed by atoms with Crippen LogP contribution in [-0.4, -0.2) is 37.1 Å². The summed E-state index contributed by atoms with van der Waals surface area (Å²) in [6, 6.07) is 21.7. The summed E-state index contributed by atoms with van der Waals surface area (Å²) in [6.07, 6.45) is 1.43. The molecule has 0 amide bonds. The van der Waals surface area contributed by atoms with Crippen molar-refractivity contribution in [2.24, 2.45) is 7.05 Å². The second kappa shape index (κ2) is 10.2. The average molecular weight is 544 g/mol. The lowest BCUT2D eigenvalue weighted by atomic mass is 10.1. The smallest absolute Gasteiger partial charge is 0.300 e. The SMILES string of the molecule is Cn1nc(-c2ccc(Nc3nc4cc(Cl)cc(OCCSc5ccccc5)c4o3)cc2)c2c(N)ncnc21. The molecule has 3 heterocycles. The highest BCUT2D eigenvalue weighted by atomic mass is 35.5. The minimum Gasteiger partial charge on any atom is -0.489 e. The van der Waals surface area contributed by atoms with Crippen molar-refractivity contribution in [3.8, 4) is 17.0 Å². The molecule has 0 atom stereocenters. The lowest BCUT2D eigenvalue weighted by molar-refractivity contribution is 0.342. The predicted octanol–water partition coefficient (Wildman–Crippen LogP) is 6.32. The Kier molecular flexibility index (Phi) is 6.48. The standard InChI is InChI=1S/C27H22ClN7O2S/c1-35-26-22(25(29)30-15-31-26)23(34-35)16-7-9-18(10-8-16)32-27-33-20-13-17(28)14-21(24(20)37-27)36-11-12-38-19-5-3-2-4-6-19/h2-10,13-15H,11-12H2,1H3,(H,32,33)(H2,29,30,31). The average Bonchev–Trinajstić information content (AvgIpc) is 3.48. The van der Waals surface area contributed by atoms with Crippen LogP contribution in [0, 0.1) is 0 Å². The summed E-state index contributed by atoms with van der Waals surface area (Å²) in [5, 5.41) is 9.04. The van der Waals surface area contributed by atoms with E-state index in [1.807, 2.05) is 49.5 Å². The van der Waals surface area contributed by atoms with Gasteiger partial charge in [0, 0.05) is 40.0 Å². The molecule has 0 aliphatic carbocycles. The van der Waals surface area contributed by atoms with Crippen LogP contribution in [0.3, 0.4) is 0 Å². The number of aryl methyl sites for hydroxylation is 1. The predicted molar refractivity (Wildman–Crippen MR) is 151 cm³/mol. The molecule has 3 N–H and O–H groups in total. The van der Waals surface area contributed by atoms with Gasteiger partial charge in [0.1, 0.15) is 23.4 Å². The van der Waals surface area contributed by atoms with E-state index in [1.165, 1.54) is 11.2 Å². The van der Waals surface area contributed by atoms with E-state index >= 15 is 0 Å². The minimum atomic E-state index is 0.333. The number of nitrogens with one attached hydrogen (secondary N) is 1. The normalized spacial score (nSPS) is 11.3. The largest absolute Gasteiger partial charge is 0.489 e. The highest BCUT2D eigenvalue weighted by Gasteiger charge is 2.16. The van der Waals surface area contributed by atoms with Gasteiger partial charge in [0.25, 0.3) is 6.01 Å². The highest BCUT2D eigenvalue weighted by Crippen LogP contribution is 2.34. The molecule has 0 radical (unpaired) electrons. The maximum Gasteiger partial charge on any atom is 0.300 e. The summed E-state index contributed by atoms with van der Waals surface area (Å²) in [4.78, 5) is 14.1. The van der Waals surface area contributed by atoms with Crippen molar-refractivity contribution in [3.63, 3.8) is 0 Å².